The van der Waals surface area contributed by atoms with Gasteiger partial charge >= 0.3 is 0 Å². The Labute approximate surface area is 196 Å². The zero-order chi connectivity index (χ0) is 23.9. The van der Waals surface area contributed by atoms with E-state index in [1.165, 1.54) is 88.1 Å². The predicted molar refractivity (Wildman–Crippen MR) is 134 cm³/mol. The molecule has 0 amide bonds. The maximum Gasteiger partial charge on any atom is 0.262 e. The molecule has 0 aliphatic rings. The van der Waals surface area contributed by atoms with Crippen LogP contribution in [0.2, 0.25) is 0 Å². The van der Waals surface area contributed by atoms with Crippen LogP contribution >= 0.6 is 0 Å². The molecule has 0 fully saturated rings. The molecule has 0 saturated carbocycles. The van der Waals surface area contributed by atoms with Gasteiger partial charge in [-0.05, 0) is 37.1 Å². The molecule has 0 radical (unpaired) electrons. The standard InChI is InChI=1S/C16H36N.C10H8O4S/c1-5-9-13-17(14-10-6-2,15-11-7-3)16-12-8-4;11-15(12,13)14-10-7-3-5-8-4-1-2-6-9(8)10/h5-16H2,1-4H3;1-7H,(H,11,12,13)/q+1;/p-1. The minimum atomic E-state index is -4.72. The summed E-state index contributed by atoms with van der Waals surface area (Å²) in [5.74, 6) is 0.0584. The Balaban J connectivity index is 0.000000321. The molecule has 0 aliphatic carbocycles. The number of hydrogen-bond acceptors (Lipinski definition) is 4. The maximum absolute atomic E-state index is 10.5. The van der Waals surface area contributed by atoms with Gasteiger partial charge in [-0.15, -0.1) is 0 Å². The topological polar surface area (TPSA) is 66.4 Å². The molecule has 182 valence electrons. The van der Waals surface area contributed by atoms with Gasteiger partial charge in [-0.3, -0.25) is 0 Å². The molecule has 0 atom stereocenters. The highest BCUT2D eigenvalue weighted by molar-refractivity contribution is 7.81. The van der Waals surface area contributed by atoms with Gasteiger partial charge in [-0.25, -0.2) is 8.42 Å². The molecule has 0 heterocycles. The van der Waals surface area contributed by atoms with Gasteiger partial charge in [0.15, 0.2) is 0 Å². The summed E-state index contributed by atoms with van der Waals surface area (Å²) in [5, 5.41) is 1.41. The van der Waals surface area contributed by atoms with Crippen LogP contribution in [-0.4, -0.2) is 43.6 Å². The van der Waals surface area contributed by atoms with Crippen LogP contribution in [0, 0.1) is 0 Å². The van der Waals surface area contributed by atoms with Gasteiger partial charge in [-0.1, -0.05) is 89.8 Å². The van der Waals surface area contributed by atoms with Gasteiger partial charge < -0.3 is 13.2 Å². The summed E-state index contributed by atoms with van der Waals surface area (Å²) < 4.78 is 37.2. The second-order valence-corrected chi connectivity index (χ2v) is 9.60. The molecule has 0 aromatic heterocycles. The monoisotopic (exact) mass is 465 g/mol. The third-order valence-electron chi connectivity index (χ3n) is 5.89. The highest BCUT2D eigenvalue weighted by Crippen LogP contribution is 2.25. The summed E-state index contributed by atoms with van der Waals surface area (Å²) in [4.78, 5) is 0. The van der Waals surface area contributed by atoms with Crippen molar-refractivity contribution in [3.63, 3.8) is 0 Å². The lowest BCUT2D eigenvalue weighted by Crippen LogP contribution is -2.50. The van der Waals surface area contributed by atoms with Crippen molar-refractivity contribution in [2.75, 3.05) is 26.2 Å². The summed E-state index contributed by atoms with van der Waals surface area (Å²) >= 11 is 0. The van der Waals surface area contributed by atoms with E-state index in [1.807, 2.05) is 6.07 Å². The van der Waals surface area contributed by atoms with Gasteiger partial charge in [0.2, 0.25) is 0 Å². The number of quaternary nitrogens is 1. The lowest BCUT2D eigenvalue weighted by Gasteiger charge is -2.39. The van der Waals surface area contributed by atoms with Crippen molar-refractivity contribution in [3.8, 4) is 5.75 Å². The van der Waals surface area contributed by atoms with Crippen LogP contribution in [0.3, 0.4) is 0 Å². The van der Waals surface area contributed by atoms with Gasteiger partial charge in [0.25, 0.3) is 10.4 Å². The first kappa shape index (κ1) is 28.4. The second-order valence-electron chi connectivity index (χ2n) is 8.62. The van der Waals surface area contributed by atoms with E-state index in [4.69, 9.17) is 0 Å². The van der Waals surface area contributed by atoms with Crippen molar-refractivity contribution in [1.82, 2.24) is 0 Å². The maximum atomic E-state index is 10.5. The highest BCUT2D eigenvalue weighted by atomic mass is 32.3. The van der Waals surface area contributed by atoms with Gasteiger partial charge in [0, 0.05) is 5.39 Å². The molecule has 0 unspecified atom stereocenters. The molecule has 2 aromatic carbocycles. The molecule has 2 aromatic rings. The Hall–Kier alpha value is -1.63. The van der Waals surface area contributed by atoms with Crippen LogP contribution in [0.25, 0.3) is 10.8 Å². The Morgan fingerprint density at radius 2 is 1.16 bits per heavy atom. The molecule has 2 rings (SSSR count). The number of hydrogen-bond donors (Lipinski definition) is 0. The van der Waals surface area contributed by atoms with Crippen LogP contribution in [0.4, 0.5) is 0 Å². The van der Waals surface area contributed by atoms with Crippen molar-refractivity contribution in [2.24, 2.45) is 0 Å². The lowest BCUT2D eigenvalue weighted by atomic mass is 10.1. The van der Waals surface area contributed by atoms with Gasteiger partial charge in [-0.2, -0.15) is 0 Å². The van der Waals surface area contributed by atoms with Crippen LogP contribution in [0.1, 0.15) is 79.1 Å². The SMILES string of the molecule is CCCC[N+](CCCC)(CCCC)CCCC.O=S(=O)([O-])Oc1cccc2ccccc12. The quantitative estimate of drug-likeness (QED) is 0.177. The van der Waals surface area contributed by atoms with Gasteiger partial charge in [0.1, 0.15) is 5.75 Å². The predicted octanol–water partition coefficient (Wildman–Crippen LogP) is 6.68. The summed E-state index contributed by atoms with van der Waals surface area (Å²) in [7, 11) is -4.72. The summed E-state index contributed by atoms with van der Waals surface area (Å²) in [6.45, 7) is 15.0. The normalized spacial score (nSPS) is 11.8. The minimum absolute atomic E-state index is 0.0584. The second kappa shape index (κ2) is 15.3. The third-order valence-corrected chi connectivity index (χ3v) is 6.27. The van der Waals surface area contributed by atoms with E-state index >= 15 is 0 Å². The molecule has 0 bridgehead atoms. The number of nitrogens with zero attached hydrogens (tertiary/aromatic N) is 1. The highest BCUT2D eigenvalue weighted by Gasteiger charge is 2.24. The average Bonchev–Trinajstić information content (AvgIpc) is 2.78. The third kappa shape index (κ3) is 10.8. The van der Waals surface area contributed by atoms with E-state index in [1.54, 1.807) is 30.3 Å². The molecular formula is C26H43NO4S. The number of unbranched alkanes of at least 4 members (excludes halogenated alkanes) is 4. The van der Waals surface area contributed by atoms with Crippen molar-refractivity contribution in [1.29, 1.82) is 0 Å². The van der Waals surface area contributed by atoms with Crippen molar-refractivity contribution in [3.05, 3.63) is 42.5 Å². The fourth-order valence-electron chi connectivity index (χ4n) is 4.02. The van der Waals surface area contributed by atoms with E-state index < -0.39 is 10.4 Å². The van der Waals surface area contributed by atoms with Crippen molar-refractivity contribution < 1.29 is 21.6 Å². The molecule has 0 saturated heterocycles. The summed E-state index contributed by atoms with van der Waals surface area (Å²) in [6, 6.07) is 11.9. The molecule has 5 nitrogen and oxygen atoms in total. The molecule has 0 aliphatic heterocycles. The first-order valence-electron chi connectivity index (χ1n) is 12.3. The van der Waals surface area contributed by atoms with Crippen LogP contribution in [0.15, 0.2) is 42.5 Å². The summed E-state index contributed by atoms with van der Waals surface area (Å²) in [6.07, 6.45) is 11.1. The van der Waals surface area contributed by atoms with E-state index in [0.29, 0.717) is 5.39 Å². The average molecular weight is 466 g/mol. The van der Waals surface area contributed by atoms with E-state index in [0.717, 1.165) is 5.39 Å². The van der Waals surface area contributed by atoms with Gasteiger partial charge in [0.05, 0.1) is 26.2 Å². The molecule has 6 heteroatoms. The van der Waals surface area contributed by atoms with Crippen LogP contribution in [0.5, 0.6) is 5.75 Å². The first-order valence-corrected chi connectivity index (χ1v) is 13.6. The Morgan fingerprint density at radius 1 is 0.719 bits per heavy atom. The Kier molecular flexibility index (Phi) is 13.5. The fourth-order valence-corrected chi connectivity index (χ4v) is 4.39. The molecule has 0 spiro atoms. The fraction of sp³-hybridized carbons (Fsp3) is 0.615. The lowest BCUT2D eigenvalue weighted by molar-refractivity contribution is -0.929. The summed E-state index contributed by atoms with van der Waals surface area (Å²) in [5.41, 5.74) is 0. The zero-order valence-electron chi connectivity index (χ0n) is 20.5. The van der Waals surface area contributed by atoms with Crippen LogP contribution < -0.4 is 4.18 Å². The Morgan fingerprint density at radius 3 is 1.59 bits per heavy atom. The Bertz CT molecular complexity index is 824. The molecule has 0 N–H and O–H groups in total. The van der Waals surface area contributed by atoms with Crippen LogP contribution in [-0.2, 0) is 10.4 Å². The van der Waals surface area contributed by atoms with Crippen molar-refractivity contribution >= 4 is 21.2 Å². The smallest absolute Gasteiger partial charge is 0.262 e. The number of benzene rings is 2. The van der Waals surface area contributed by atoms with Crippen molar-refractivity contribution in [2.45, 2.75) is 79.1 Å². The van der Waals surface area contributed by atoms with E-state index in [-0.39, 0.29) is 5.75 Å². The minimum Gasteiger partial charge on any atom is -0.716 e. The number of rotatable bonds is 14. The number of fused-ring (bicyclic) bond motifs is 1. The van der Waals surface area contributed by atoms with E-state index in [9.17, 15) is 13.0 Å². The molecule has 32 heavy (non-hydrogen) atoms. The first-order chi connectivity index (χ1) is 15.3. The zero-order valence-corrected chi connectivity index (χ0v) is 21.3. The van der Waals surface area contributed by atoms with E-state index in [2.05, 4.69) is 31.9 Å². The largest absolute Gasteiger partial charge is 0.716 e. The molecular weight excluding hydrogens is 422 g/mol.